The fraction of sp³-hybridized carbons (Fsp3) is 0.909. The molecule has 2 fully saturated rings. The molecular weight excluding hydrogens is 190 g/mol. The fourth-order valence-electron chi connectivity index (χ4n) is 2.29. The van der Waals surface area contributed by atoms with Gasteiger partial charge in [-0.05, 0) is 32.9 Å². The van der Waals surface area contributed by atoms with E-state index in [-0.39, 0.29) is 0 Å². The van der Waals surface area contributed by atoms with Gasteiger partial charge in [0.2, 0.25) is 5.91 Å². The molecule has 0 bridgehead atoms. The van der Waals surface area contributed by atoms with E-state index in [4.69, 9.17) is 0 Å². The number of nitrogens with zero attached hydrogens (tertiary/aromatic N) is 2. The minimum atomic E-state index is 0.318. The van der Waals surface area contributed by atoms with Gasteiger partial charge in [0.1, 0.15) is 0 Å². The molecule has 4 heteroatoms. The molecule has 4 nitrogen and oxygen atoms in total. The molecule has 1 unspecified atom stereocenters. The van der Waals surface area contributed by atoms with Crippen molar-refractivity contribution in [1.29, 1.82) is 0 Å². The number of hydrogen-bond acceptors (Lipinski definition) is 3. The maximum absolute atomic E-state index is 11.8. The van der Waals surface area contributed by atoms with E-state index in [1.54, 1.807) is 0 Å². The van der Waals surface area contributed by atoms with Crippen molar-refractivity contribution < 1.29 is 4.79 Å². The highest BCUT2D eigenvalue weighted by Crippen LogP contribution is 2.11. The van der Waals surface area contributed by atoms with Crippen LogP contribution in [-0.2, 0) is 4.79 Å². The molecule has 0 aromatic rings. The highest BCUT2D eigenvalue weighted by atomic mass is 16.2. The van der Waals surface area contributed by atoms with E-state index in [0.29, 0.717) is 18.5 Å². The average molecular weight is 211 g/mol. The molecule has 86 valence electrons. The summed E-state index contributed by atoms with van der Waals surface area (Å²) in [6.07, 6.45) is 3.63. The number of likely N-dealkylation sites (tertiary alicyclic amines) is 2. The first-order valence-electron chi connectivity index (χ1n) is 5.97. The lowest BCUT2D eigenvalue weighted by molar-refractivity contribution is -0.136. The van der Waals surface area contributed by atoms with E-state index in [0.717, 1.165) is 26.2 Å². The van der Waals surface area contributed by atoms with Gasteiger partial charge in [0.25, 0.3) is 0 Å². The molecule has 0 aromatic heterocycles. The SMILES string of the molecule is CNC1CCCN(CC(=O)N2CCC2)C1. The predicted molar refractivity (Wildman–Crippen MR) is 59.7 cm³/mol. The molecule has 0 spiro atoms. The van der Waals surface area contributed by atoms with Crippen molar-refractivity contribution in [2.24, 2.45) is 0 Å². The van der Waals surface area contributed by atoms with Crippen LogP contribution in [0.1, 0.15) is 19.3 Å². The van der Waals surface area contributed by atoms with Crippen molar-refractivity contribution in [3.05, 3.63) is 0 Å². The van der Waals surface area contributed by atoms with E-state index >= 15 is 0 Å². The van der Waals surface area contributed by atoms with Gasteiger partial charge in [-0.3, -0.25) is 9.69 Å². The zero-order valence-corrected chi connectivity index (χ0v) is 9.54. The summed E-state index contributed by atoms with van der Waals surface area (Å²) in [7, 11) is 2.01. The number of hydrogen-bond donors (Lipinski definition) is 1. The Morgan fingerprint density at radius 1 is 1.33 bits per heavy atom. The smallest absolute Gasteiger partial charge is 0.236 e. The molecule has 2 heterocycles. The number of rotatable bonds is 3. The second-order valence-corrected chi connectivity index (χ2v) is 4.60. The Balaban J connectivity index is 1.75. The van der Waals surface area contributed by atoms with E-state index in [1.165, 1.54) is 19.3 Å². The maximum Gasteiger partial charge on any atom is 0.236 e. The Hall–Kier alpha value is -0.610. The third-order valence-corrected chi connectivity index (χ3v) is 3.48. The van der Waals surface area contributed by atoms with Crippen molar-refractivity contribution in [1.82, 2.24) is 15.1 Å². The van der Waals surface area contributed by atoms with Crippen LogP contribution < -0.4 is 5.32 Å². The standard InChI is InChI=1S/C11H21N3O/c1-12-10-4-2-5-13(8-10)9-11(15)14-6-3-7-14/h10,12H,2-9H2,1H3. The number of nitrogens with one attached hydrogen (secondary N) is 1. The third-order valence-electron chi connectivity index (χ3n) is 3.48. The zero-order valence-electron chi connectivity index (χ0n) is 9.54. The first kappa shape index (κ1) is 10.9. The number of piperidine rings is 1. The molecule has 1 amide bonds. The molecule has 0 aromatic carbocycles. The van der Waals surface area contributed by atoms with E-state index < -0.39 is 0 Å². The normalized spacial score (nSPS) is 27.5. The molecule has 0 aliphatic carbocycles. The van der Waals surface area contributed by atoms with Crippen molar-refractivity contribution in [2.75, 3.05) is 39.8 Å². The molecule has 2 rings (SSSR count). The Kier molecular flexibility index (Phi) is 3.59. The van der Waals surface area contributed by atoms with Crippen LogP contribution in [0.2, 0.25) is 0 Å². The lowest BCUT2D eigenvalue weighted by atomic mass is 10.1. The summed E-state index contributed by atoms with van der Waals surface area (Å²) in [5.74, 6) is 0.318. The van der Waals surface area contributed by atoms with Gasteiger partial charge in [0, 0.05) is 25.7 Å². The highest BCUT2D eigenvalue weighted by molar-refractivity contribution is 5.78. The predicted octanol–water partition coefficient (Wildman–Crippen LogP) is -0.0975. The summed E-state index contributed by atoms with van der Waals surface area (Å²) >= 11 is 0. The van der Waals surface area contributed by atoms with Crippen molar-refractivity contribution in [3.63, 3.8) is 0 Å². The quantitative estimate of drug-likeness (QED) is 0.708. The molecule has 1 atom stereocenters. The Labute approximate surface area is 91.6 Å². The summed E-state index contributed by atoms with van der Waals surface area (Å²) < 4.78 is 0. The second-order valence-electron chi connectivity index (χ2n) is 4.60. The van der Waals surface area contributed by atoms with E-state index in [9.17, 15) is 4.79 Å². The van der Waals surface area contributed by atoms with Gasteiger partial charge >= 0.3 is 0 Å². The van der Waals surface area contributed by atoms with Crippen molar-refractivity contribution in [3.8, 4) is 0 Å². The molecule has 2 aliphatic heterocycles. The fourth-order valence-corrected chi connectivity index (χ4v) is 2.29. The molecule has 2 aliphatic rings. The van der Waals surface area contributed by atoms with Gasteiger partial charge in [0.15, 0.2) is 0 Å². The van der Waals surface area contributed by atoms with Gasteiger partial charge < -0.3 is 10.2 Å². The van der Waals surface area contributed by atoms with Gasteiger partial charge in [-0.1, -0.05) is 0 Å². The minimum Gasteiger partial charge on any atom is -0.341 e. The topological polar surface area (TPSA) is 35.6 Å². The largest absolute Gasteiger partial charge is 0.341 e. The van der Waals surface area contributed by atoms with Crippen LogP contribution in [0.4, 0.5) is 0 Å². The number of carbonyl (C=O) groups excluding carboxylic acids is 1. The lowest BCUT2D eigenvalue weighted by Gasteiger charge is -2.36. The Morgan fingerprint density at radius 2 is 2.13 bits per heavy atom. The van der Waals surface area contributed by atoms with Crippen LogP contribution in [0.15, 0.2) is 0 Å². The van der Waals surface area contributed by atoms with E-state index in [2.05, 4.69) is 10.2 Å². The minimum absolute atomic E-state index is 0.318. The second kappa shape index (κ2) is 4.94. The lowest BCUT2D eigenvalue weighted by Crippen LogP contribution is -2.51. The first-order valence-corrected chi connectivity index (χ1v) is 5.97. The maximum atomic E-state index is 11.8. The molecule has 0 saturated carbocycles. The van der Waals surface area contributed by atoms with Gasteiger partial charge in [-0.2, -0.15) is 0 Å². The van der Waals surface area contributed by atoms with Crippen LogP contribution >= 0.6 is 0 Å². The highest BCUT2D eigenvalue weighted by Gasteiger charge is 2.25. The molecular formula is C11H21N3O. The summed E-state index contributed by atoms with van der Waals surface area (Å²) in [6, 6.07) is 0.572. The van der Waals surface area contributed by atoms with Crippen LogP contribution in [0.3, 0.4) is 0 Å². The van der Waals surface area contributed by atoms with Crippen LogP contribution in [0.25, 0.3) is 0 Å². The van der Waals surface area contributed by atoms with Crippen molar-refractivity contribution in [2.45, 2.75) is 25.3 Å². The zero-order chi connectivity index (χ0) is 10.7. The van der Waals surface area contributed by atoms with Crippen molar-refractivity contribution >= 4 is 5.91 Å². The van der Waals surface area contributed by atoms with Gasteiger partial charge in [-0.25, -0.2) is 0 Å². The summed E-state index contributed by atoms with van der Waals surface area (Å²) in [6.45, 7) is 4.68. The van der Waals surface area contributed by atoms with Crippen LogP contribution in [0, 0.1) is 0 Å². The van der Waals surface area contributed by atoms with Gasteiger partial charge in [0.05, 0.1) is 6.54 Å². The van der Waals surface area contributed by atoms with Crippen LogP contribution in [0.5, 0.6) is 0 Å². The molecule has 2 saturated heterocycles. The first-order chi connectivity index (χ1) is 7.29. The summed E-state index contributed by atoms with van der Waals surface area (Å²) in [4.78, 5) is 16.0. The number of carbonyl (C=O) groups is 1. The Bertz CT molecular complexity index is 228. The molecule has 15 heavy (non-hydrogen) atoms. The monoisotopic (exact) mass is 211 g/mol. The summed E-state index contributed by atoms with van der Waals surface area (Å²) in [5.41, 5.74) is 0. The van der Waals surface area contributed by atoms with Gasteiger partial charge in [-0.15, -0.1) is 0 Å². The third kappa shape index (κ3) is 2.69. The molecule has 0 radical (unpaired) electrons. The molecule has 1 N–H and O–H groups in total. The average Bonchev–Trinajstić information content (AvgIpc) is 2.15. The van der Waals surface area contributed by atoms with Crippen LogP contribution in [-0.4, -0.2) is 61.5 Å². The van der Waals surface area contributed by atoms with E-state index in [1.807, 2.05) is 11.9 Å². The Morgan fingerprint density at radius 3 is 2.73 bits per heavy atom. The number of amides is 1. The summed E-state index contributed by atoms with van der Waals surface area (Å²) in [5, 5.41) is 3.30. The number of likely N-dealkylation sites (N-methyl/N-ethyl adjacent to an activating group) is 1.